The van der Waals surface area contributed by atoms with Gasteiger partial charge in [-0.15, -0.1) is 0 Å². The number of carbonyl (C=O) groups is 1. The lowest BCUT2D eigenvalue weighted by Gasteiger charge is -2.14. The summed E-state index contributed by atoms with van der Waals surface area (Å²) in [6.07, 6.45) is 2.15. The van der Waals surface area contributed by atoms with E-state index in [1.807, 2.05) is 13.0 Å². The van der Waals surface area contributed by atoms with E-state index in [0.29, 0.717) is 0 Å². The molecule has 0 aliphatic carbocycles. The first-order valence-electron chi connectivity index (χ1n) is 5.79. The molecule has 1 aromatic carbocycles. The van der Waals surface area contributed by atoms with Gasteiger partial charge in [0.2, 0.25) is 0 Å². The Balaban J connectivity index is 2.21. The van der Waals surface area contributed by atoms with E-state index in [4.69, 9.17) is 5.11 Å². The van der Waals surface area contributed by atoms with Gasteiger partial charge in [-0.2, -0.15) is 0 Å². The van der Waals surface area contributed by atoms with E-state index in [-0.39, 0.29) is 12.3 Å². The van der Waals surface area contributed by atoms with Gasteiger partial charge in [0.1, 0.15) is 0 Å². The highest BCUT2D eigenvalue weighted by Gasteiger charge is 2.16. The van der Waals surface area contributed by atoms with Gasteiger partial charge < -0.3 is 10.4 Å². The second-order valence-corrected chi connectivity index (χ2v) is 4.30. The molecule has 0 radical (unpaired) electrons. The Morgan fingerprint density at radius 1 is 1.56 bits per heavy atom. The molecule has 0 spiro atoms. The van der Waals surface area contributed by atoms with Gasteiger partial charge in [-0.25, -0.2) is 0 Å². The van der Waals surface area contributed by atoms with Crippen LogP contribution in [0.1, 0.15) is 36.8 Å². The summed E-state index contributed by atoms with van der Waals surface area (Å²) < 4.78 is 0. The highest BCUT2D eigenvalue weighted by Crippen LogP contribution is 2.29. The fourth-order valence-electron chi connectivity index (χ4n) is 2.29. The number of hydrogen-bond acceptors (Lipinski definition) is 2. The second-order valence-electron chi connectivity index (χ2n) is 4.30. The number of benzene rings is 1. The molecule has 16 heavy (non-hydrogen) atoms. The molecule has 3 heteroatoms. The molecule has 0 saturated heterocycles. The molecule has 2 rings (SSSR count). The van der Waals surface area contributed by atoms with E-state index in [2.05, 4.69) is 17.4 Å². The Hall–Kier alpha value is -1.51. The zero-order valence-electron chi connectivity index (χ0n) is 9.49. The lowest BCUT2D eigenvalue weighted by Crippen LogP contribution is -2.05. The van der Waals surface area contributed by atoms with E-state index in [9.17, 15) is 4.79 Å². The molecule has 0 saturated carbocycles. The molecular weight excluding hydrogens is 202 g/mol. The number of anilines is 1. The zero-order chi connectivity index (χ0) is 11.5. The van der Waals surface area contributed by atoms with Gasteiger partial charge in [0.05, 0.1) is 6.42 Å². The van der Waals surface area contributed by atoms with Crippen molar-refractivity contribution in [2.75, 3.05) is 11.9 Å². The zero-order valence-corrected chi connectivity index (χ0v) is 9.49. The third-order valence-electron chi connectivity index (χ3n) is 3.22. The van der Waals surface area contributed by atoms with Crippen molar-refractivity contribution in [2.24, 2.45) is 0 Å². The molecule has 2 N–H and O–H groups in total. The van der Waals surface area contributed by atoms with Gasteiger partial charge in [-0.05, 0) is 36.0 Å². The van der Waals surface area contributed by atoms with Crippen LogP contribution in [0.15, 0.2) is 18.2 Å². The second kappa shape index (κ2) is 4.56. The predicted octanol–water partition coefficient (Wildman–Crippen LogP) is 2.62. The summed E-state index contributed by atoms with van der Waals surface area (Å²) in [5.41, 5.74) is 3.68. The predicted molar refractivity (Wildman–Crippen MR) is 63.9 cm³/mol. The van der Waals surface area contributed by atoms with Crippen LogP contribution in [0.5, 0.6) is 0 Å². The summed E-state index contributed by atoms with van der Waals surface area (Å²) in [4.78, 5) is 10.8. The highest BCUT2D eigenvalue weighted by atomic mass is 16.4. The van der Waals surface area contributed by atoms with Crippen molar-refractivity contribution in [1.29, 1.82) is 0 Å². The van der Waals surface area contributed by atoms with Gasteiger partial charge in [-0.1, -0.05) is 19.1 Å². The fourth-order valence-corrected chi connectivity index (χ4v) is 2.29. The maximum Gasteiger partial charge on any atom is 0.303 e. The number of carboxylic acids is 1. The van der Waals surface area contributed by atoms with Crippen molar-refractivity contribution >= 4 is 11.7 Å². The average Bonchev–Trinajstić information content (AvgIpc) is 2.72. The van der Waals surface area contributed by atoms with Crippen molar-refractivity contribution in [3.63, 3.8) is 0 Å². The summed E-state index contributed by atoms with van der Waals surface area (Å²) in [6.45, 7) is 3.04. The first-order chi connectivity index (χ1) is 7.70. The summed E-state index contributed by atoms with van der Waals surface area (Å²) in [7, 11) is 0. The van der Waals surface area contributed by atoms with Crippen LogP contribution in [-0.4, -0.2) is 17.6 Å². The molecule has 0 amide bonds. The van der Waals surface area contributed by atoms with Crippen molar-refractivity contribution in [3.05, 3.63) is 29.3 Å². The van der Waals surface area contributed by atoms with E-state index in [1.165, 1.54) is 11.3 Å². The van der Waals surface area contributed by atoms with Crippen LogP contribution in [0.25, 0.3) is 0 Å². The van der Waals surface area contributed by atoms with Gasteiger partial charge in [0.25, 0.3) is 0 Å². The SMILES string of the molecule is CC[C@@H](CC(=O)O)c1ccc2c(c1)CCN2. The molecular formula is C13H17NO2. The Labute approximate surface area is 95.5 Å². The molecule has 1 atom stereocenters. The van der Waals surface area contributed by atoms with E-state index < -0.39 is 5.97 Å². The van der Waals surface area contributed by atoms with Gasteiger partial charge in [0, 0.05) is 12.2 Å². The van der Waals surface area contributed by atoms with E-state index >= 15 is 0 Å². The van der Waals surface area contributed by atoms with Crippen LogP contribution in [0.3, 0.4) is 0 Å². The minimum atomic E-state index is -0.717. The lowest BCUT2D eigenvalue weighted by atomic mass is 9.91. The Morgan fingerprint density at radius 3 is 3.06 bits per heavy atom. The maximum atomic E-state index is 10.8. The van der Waals surface area contributed by atoms with Gasteiger partial charge in [0.15, 0.2) is 0 Å². The van der Waals surface area contributed by atoms with Crippen LogP contribution >= 0.6 is 0 Å². The lowest BCUT2D eigenvalue weighted by molar-refractivity contribution is -0.137. The van der Waals surface area contributed by atoms with Gasteiger partial charge in [-0.3, -0.25) is 4.79 Å². The minimum absolute atomic E-state index is 0.142. The molecule has 1 aliphatic rings. The Kier molecular flexibility index (Phi) is 3.13. The molecule has 0 bridgehead atoms. The standard InChI is InChI=1S/C13H17NO2/c1-2-9(8-13(15)16)10-3-4-12-11(7-10)5-6-14-12/h3-4,7,9,14H,2,5-6,8H2,1H3,(H,15,16)/t9-/m0/s1. The number of nitrogens with one attached hydrogen (secondary N) is 1. The molecule has 1 aromatic rings. The topological polar surface area (TPSA) is 49.3 Å². The van der Waals surface area contributed by atoms with Crippen LogP contribution in [0.4, 0.5) is 5.69 Å². The number of fused-ring (bicyclic) bond motifs is 1. The molecule has 1 aliphatic heterocycles. The first-order valence-corrected chi connectivity index (χ1v) is 5.79. The number of aliphatic carboxylic acids is 1. The molecule has 86 valence electrons. The molecule has 3 nitrogen and oxygen atoms in total. The normalized spacial score (nSPS) is 15.3. The summed E-state index contributed by atoms with van der Waals surface area (Å²) in [5, 5.41) is 12.2. The molecule has 0 unspecified atom stereocenters. The highest BCUT2D eigenvalue weighted by molar-refractivity contribution is 5.68. The van der Waals surface area contributed by atoms with Crippen LogP contribution in [0, 0.1) is 0 Å². The van der Waals surface area contributed by atoms with Crippen LogP contribution in [-0.2, 0) is 11.2 Å². The first kappa shape index (κ1) is 11.0. The summed E-state index contributed by atoms with van der Waals surface area (Å²) in [6, 6.07) is 6.28. The van der Waals surface area contributed by atoms with Crippen molar-refractivity contribution in [2.45, 2.75) is 32.1 Å². The molecule has 1 heterocycles. The van der Waals surface area contributed by atoms with Crippen molar-refractivity contribution < 1.29 is 9.90 Å². The van der Waals surface area contributed by atoms with Crippen molar-refractivity contribution in [1.82, 2.24) is 0 Å². The van der Waals surface area contributed by atoms with E-state index in [1.54, 1.807) is 0 Å². The summed E-state index contributed by atoms with van der Waals surface area (Å²) >= 11 is 0. The third-order valence-corrected chi connectivity index (χ3v) is 3.22. The van der Waals surface area contributed by atoms with Crippen molar-refractivity contribution in [3.8, 4) is 0 Å². The van der Waals surface area contributed by atoms with Crippen LogP contribution < -0.4 is 5.32 Å². The number of rotatable bonds is 4. The summed E-state index contributed by atoms with van der Waals surface area (Å²) in [5.74, 6) is -0.575. The number of carboxylic acid groups (broad SMARTS) is 1. The van der Waals surface area contributed by atoms with Crippen LogP contribution in [0.2, 0.25) is 0 Å². The fraction of sp³-hybridized carbons (Fsp3) is 0.462. The minimum Gasteiger partial charge on any atom is -0.481 e. The molecule has 0 fully saturated rings. The van der Waals surface area contributed by atoms with E-state index in [0.717, 1.165) is 24.9 Å². The maximum absolute atomic E-state index is 10.8. The number of hydrogen-bond donors (Lipinski definition) is 2. The Bertz CT molecular complexity index is 401. The monoisotopic (exact) mass is 219 g/mol. The molecule has 0 aromatic heterocycles. The third kappa shape index (κ3) is 2.18. The Morgan fingerprint density at radius 2 is 2.38 bits per heavy atom. The smallest absolute Gasteiger partial charge is 0.303 e. The van der Waals surface area contributed by atoms with Gasteiger partial charge >= 0.3 is 5.97 Å². The average molecular weight is 219 g/mol. The largest absolute Gasteiger partial charge is 0.481 e. The quantitative estimate of drug-likeness (QED) is 0.818.